The van der Waals surface area contributed by atoms with E-state index in [1.54, 1.807) is 31.4 Å². The number of amidine groups is 2. The van der Waals surface area contributed by atoms with Crippen molar-refractivity contribution in [3.05, 3.63) is 59.7 Å². The van der Waals surface area contributed by atoms with Crippen LogP contribution in [0.1, 0.15) is 18.9 Å². The van der Waals surface area contributed by atoms with Crippen LogP contribution in [-0.4, -0.2) is 60.5 Å². The summed E-state index contributed by atoms with van der Waals surface area (Å²) in [6.07, 6.45) is 2.32. The van der Waals surface area contributed by atoms with Gasteiger partial charge in [0.2, 0.25) is 5.17 Å². The molecule has 2 aromatic rings. The summed E-state index contributed by atoms with van der Waals surface area (Å²) in [6.45, 7) is 3.61. The summed E-state index contributed by atoms with van der Waals surface area (Å²) in [5.74, 6) is 1.41. The van der Waals surface area contributed by atoms with Gasteiger partial charge in [0, 0.05) is 0 Å². The van der Waals surface area contributed by atoms with E-state index in [4.69, 9.17) is 24.4 Å². The number of hydrazone groups is 1. The molecule has 182 valence electrons. The second-order valence-corrected chi connectivity index (χ2v) is 8.44. The Kier molecular flexibility index (Phi) is 8.17. The van der Waals surface area contributed by atoms with Gasteiger partial charge in [-0.2, -0.15) is 15.1 Å². The number of para-hydroxylation sites is 1. The average molecular weight is 495 g/mol. The second-order valence-electron chi connectivity index (χ2n) is 7.40. The quantitative estimate of drug-likeness (QED) is 0.369. The number of carbonyl (C=O) groups is 1. The van der Waals surface area contributed by atoms with Crippen molar-refractivity contribution in [1.29, 1.82) is 5.41 Å². The molecule has 0 aliphatic carbocycles. The van der Waals surface area contributed by atoms with Gasteiger partial charge in [-0.05, 0) is 54.1 Å². The van der Waals surface area contributed by atoms with Gasteiger partial charge in [0.25, 0.3) is 5.91 Å². The van der Waals surface area contributed by atoms with Gasteiger partial charge in [-0.25, -0.2) is 0 Å². The van der Waals surface area contributed by atoms with Gasteiger partial charge in [-0.1, -0.05) is 31.2 Å². The fourth-order valence-corrected chi connectivity index (χ4v) is 4.11. The first-order valence-electron chi connectivity index (χ1n) is 11.1. The van der Waals surface area contributed by atoms with Crippen molar-refractivity contribution < 1.29 is 23.7 Å². The van der Waals surface area contributed by atoms with Crippen LogP contribution >= 0.6 is 11.8 Å². The molecular weight excluding hydrogens is 468 g/mol. The number of benzene rings is 2. The topological polar surface area (TPSA) is 106 Å². The highest BCUT2D eigenvalue weighted by Gasteiger charge is 2.35. The lowest BCUT2D eigenvalue weighted by Crippen LogP contribution is -2.35. The van der Waals surface area contributed by atoms with E-state index in [0.29, 0.717) is 55.1 Å². The Morgan fingerprint density at radius 1 is 1.03 bits per heavy atom. The molecule has 2 aromatic carbocycles. The van der Waals surface area contributed by atoms with E-state index >= 15 is 0 Å². The summed E-state index contributed by atoms with van der Waals surface area (Å²) in [5, 5.41) is 15.4. The lowest BCUT2D eigenvalue weighted by Gasteiger charge is -2.20. The number of nitrogens with one attached hydrogen (secondary N) is 1. The Morgan fingerprint density at radius 2 is 1.80 bits per heavy atom. The Labute approximate surface area is 207 Å². The molecule has 1 amide bonds. The van der Waals surface area contributed by atoms with Crippen molar-refractivity contribution in [3.8, 4) is 17.2 Å². The Bertz CT molecular complexity index is 1180. The molecule has 2 aliphatic rings. The van der Waals surface area contributed by atoms with Crippen molar-refractivity contribution in [2.45, 2.75) is 13.3 Å². The summed E-state index contributed by atoms with van der Waals surface area (Å²) in [7, 11) is 1.54. The first-order chi connectivity index (χ1) is 17.1. The molecule has 1 N–H and O–H groups in total. The molecule has 4 rings (SSSR count). The van der Waals surface area contributed by atoms with Crippen molar-refractivity contribution in [2.75, 3.05) is 33.5 Å². The van der Waals surface area contributed by atoms with Gasteiger partial charge in [0.1, 0.15) is 24.0 Å². The first-order valence-corrected chi connectivity index (χ1v) is 12.0. The van der Waals surface area contributed by atoms with E-state index in [-0.39, 0.29) is 11.4 Å². The lowest BCUT2D eigenvalue weighted by molar-refractivity contribution is -0.114. The molecule has 0 bridgehead atoms. The largest absolute Gasteiger partial charge is 0.493 e. The molecule has 0 saturated heterocycles. The number of thioether (sulfide) groups is 1. The number of nitrogens with zero attached hydrogens (tertiary/aromatic N) is 3. The van der Waals surface area contributed by atoms with E-state index in [2.05, 4.69) is 10.1 Å². The summed E-state index contributed by atoms with van der Waals surface area (Å²) in [6, 6.07) is 14.9. The molecule has 2 aliphatic heterocycles. The number of carbonyl (C=O) groups excluding carboxylic acids is 1. The summed E-state index contributed by atoms with van der Waals surface area (Å²) in [5.41, 5.74) is 0.846. The Balaban J connectivity index is 1.31. The molecule has 0 saturated carbocycles. The zero-order chi connectivity index (χ0) is 24.6. The molecule has 0 aromatic heterocycles. The van der Waals surface area contributed by atoms with E-state index in [9.17, 15) is 4.79 Å². The third-order valence-corrected chi connectivity index (χ3v) is 6.08. The fourth-order valence-electron chi connectivity index (χ4n) is 3.28. The van der Waals surface area contributed by atoms with Crippen LogP contribution in [0.3, 0.4) is 0 Å². The Morgan fingerprint density at radius 3 is 2.54 bits per heavy atom. The molecule has 0 radical (unpaired) electrons. The maximum atomic E-state index is 12.5. The van der Waals surface area contributed by atoms with Crippen LogP contribution in [0.4, 0.5) is 0 Å². The van der Waals surface area contributed by atoms with Crippen molar-refractivity contribution in [1.82, 2.24) is 5.01 Å². The SMILES string of the molecule is CCC1=NN2C(=N)/C(=C/c3ccc(OCCOCCOc4ccccc4)c(OC)c3)C(=O)N=C2S1. The molecule has 0 atom stereocenters. The summed E-state index contributed by atoms with van der Waals surface area (Å²) in [4.78, 5) is 16.6. The van der Waals surface area contributed by atoms with E-state index in [0.717, 1.165) is 10.8 Å². The van der Waals surface area contributed by atoms with Crippen LogP contribution in [0.15, 0.2) is 64.2 Å². The number of rotatable bonds is 11. The predicted molar refractivity (Wildman–Crippen MR) is 137 cm³/mol. The average Bonchev–Trinajstić information content (AvgIpc) is 3.30. The van der Waals surface area contributed by atoms with Gasteiger partial charge >= 0.3 is 0 Å². The van der Waals surface area contributed by atoms with E-state index in [1.165, 1.54) is 16.8 Å². The Hall–Kier alpha value is -3.63. The smallest absolute Gasteiger partial charge is 0.283 e. The predicted octanol–water partition coefficient (Wildman–Crippen LogP) is 4.20. The van der Waals surface area contributed by atoms with Crippen LogP contribution in [0, 0.1) is 5.41 Å². The molecule has 0 spiro atoms. The maximum Gasteiger partial charge on any atom is 0.283 e. The van der Waals surface area contributed by atoms with Crippen LogP contribution in [0.2, 0.25) is 0 Å². The number of methoxy groups -OCH3 is 1. The zero-order valence-electron chi connectivity index (χ0n) is 19.5. The molecule has 0 unspecified atom stereocenters. The minimum atomic E-state index is -0.464. The number of aliphatic imine (C=N–C) groups is 1. The van der Waals surface area contributed by atoms with Crippen LogP contribution in [0.5, 0.6) is 17.2 Å². The van der Waals surface area contributed by atoms with Crippen LogP contribution < -0.4 is 14.2 Å². The van der Waals surface area contributed by atoms with Gasteiger partial charge in [0.05, 0.1) is 25.9 Å². The molecule has 0 fully saturated rings. The van der Waals surface area contributed by atoms with Crippen LogP contribution in [0.25, 0.3) is 6.08 Å². The van der Waals surface area contributed by atoms with Gasteiger partial charge in [0.15, 0.2) is 17.3 Å². The highest BCUT2D eigenvalue weighted by molar-refractivity contribution is 8.26. The lowest BCUT2D eigenvalue weighted by atomic mass is 10.1. The van der Waals surface area contributed by atoms with Gasteiger partial charge in [-0.3, -0.25) is 10.2 Å². The van der Waals surface area contributed by atoms with Crippen molar-refractivity contribution >= 4 is 39.8 Å². The van der Waals surface area contributed by atoms with Crippen LogP contribution in [-0.2, 0) is 9.53 Å². The minimum absolute atomic E-state index is 0.00337. The maximum absolute atomic E-state index is 12.5. The minimum Gasteiger partial charge on any atom is -0.493 e. The number of hydrogen-bond donors (Lipinski definition) is 1. The summed E-state index contributed by atoms with van der Waals surface area (Å²) >= 11 is 1.31. The van der Waals surface area contributed by atoms with Crippen molar-refractivity contribution in [2.24, 2.45) is 10.1 Å². The zero-order valence-corrected chi connectivity index (χ0v) is 20.3. The number of fused-ring (bicyclic) bond motifs is 1. The molecule has 10 heteroatoms. The molecule has 2 heterocycles. The van der Waals surface area contributed by atoms with E-state index < -0.39 is 5.91 Å². The van der Waals surface area contributed by atoms with E-state index in [1.807, 2.05) is 37.3 Å². The third-order valence-electron chi connectivity index (χ3n) is 5.02. The van der Waals surface area contributed by atoms with Gasteiger partial charge in [-0.15, -0.1) is 0 Å². The normalized spacial score (nSPS) is 16.2. The number of hydrogen-bond acceptors (Lipinski definition) is 8. The molecule has 9 nitrogen and oxygen atoms in total. The number of amides is 1. The highest BCUT2D eigenvalue weighted by atomic mass is 32.2. The fraction of sp³-hybridized carbons (Fsp3) is 0.280. The highest BCUT2D eigenvalue weighted by Crippen LogP contribution is 2.32. The first kappa shape index (κ1) is 24.5. The molecule has 35 heavy (non-hydrogen) atoms. The third kappa shape index (κ3) is 6.09. The standard InChI is InChI=1S/C25H26N4O5S/c1-3-22-28-29-23(26)19(24(30)27-25(29)35-22)15-17-9-10-20(21(16-17)31-2)34-14-12-32-11-13-33-18-7-5-4-6-8-18/h4-10,15-16,26H,3,11-14H2,1-2H3/b19-15-,26-23?. The number of ether oxygens (including phenoxy) is 4. The monoisotopic (exact) mass is 494 g/mol. The second kappa shape index (κ2) is 11.7. The molecular formula is C25H26N4O5S. The van der Waals surface area contributed by atoms with Gasteiger partial charge < -0.3 is 18.9 Å². The summed E-state index contributed by atoms with van der Waals surface area (Å²) < 4.78 is 22.4. The van der Waals surface area contributed by atoms with Crippen molar-refractivity contribution in [3.63, 3.8) is 0 Å².